The molecule has 0 saturated carbocycles. The molecule has 0 fully saturated rings. The molecule has 0 amide bonds. The summed E-state index contributed by atoms with van der Waals surface area (Å²) in [6.07, 6.45) is 10.2. The van der Waals surface area contributed by atoms with Gasteiger partial charge in [-0.1, -0.05) is 48.0 Å². The van der Waals surface area contributed by atoms with Gasteiger partial charge in [-0.15, -0.1) is 5.10 Å². The van der Waals surface area contributed by atoms with Crippen molar-refractivity contribution in [3.8, 4) is 0 Å². The average molecular weight is 417 g/mol. The summed E-state index contributed by atoms with van der Waals surface area (Å²) in [7, 11) is 0. The van der Waals surface area contributed by atoms with E-state index in [2.05, 4.69) is 26.3 Å². The van der Waals surface area contributed by atoms with E-state index in [9.17, 15) is 4.79 Å². The van der Waals surface area contributed by atoms with Gasteiger partial charge >= 0.3 is 0 Å². The van der Waals surface area contributed by atoms with Crippen molar-refractivity contribution in [3.63, 3.8) is 0 Å². The molecule has 7 nitrogen and oxygen atoms in total. The van der Waals surface area contributed by atoms with Crippen LogP contribution in [0.5, 0.6) is 0 Å². The number of nitrogens with one attached hydrogen (secondary N) is 1. The highest BCUT2D eigenvalue weighted by atomic mass is 16.1. The maximum atomic E-state index is 12.5. The van der Waals surface area contributed by atoms with Gasteiger partial charge in [-0.3, -0.25) is 9.48 Å². The number of imidazole rings is 1. The van der Waals surface area contributed by atoms with Gasteiger partial charge < -0.3 is 10.7 Å². The third kappa shape index (κ3) is 5.78. The van der Waals surface area contributed by atoms with Crippen LogP contribution in [0.2, 0.25) is 0 Å². The Balaban J connectivity index is 1.16. The lowest BCUT2D eigenvalue weighted by Crippen LogP contribution is -2.04. The summed E-state index contributed by atoms with van der Waals surface area (Å²) in [4.78, 5) is 19.6. The first-order valence-electron chi connectivity index (χ1n) is 10.9. The monoisotopic (exact) mass is 416 g/mol. The Morgan fingerprint density at radius 1 is 1.00 bits per heavy atom. The van der Waals surface area contributed by atoms with E-state index in [-0.39, 0.29) is 5.78 Å². The summed E-state index contributed by atoms with van der Waals surface area (Å²) in [5.41, 5.74) is 8.45. The van der Waals surface area contributed by atoms with Crippen LogP contribution in [0.25, 0.3) is 10.8 Å². The normalized spacial score (nSPS) is 11.2. The first-order chi connectivity index (χ1) is 15.2. The second-order valence-electron chi connectivity index (χ2n) is 7.92. The molecule has 4 rings (SSSR count). The number of nitrogens with zero attached hydrogens (tertiary/aromatic N) is 4. The topological polar surface area (TPSA) is 102 Å². The highest BCUT2D eigenvalue weighted by Gasteiger charge is 2.08. The van der Waals surface area contributed by atoms with Gasteiger partial charge in [0.05, 0.1) is 11.9 Å². The molecule has 0 bridgehead atoms. The minimum Gasteiger partial charge on any atom is -0.369 e. The maximum Gasteiger partial charge on any atom is 0.197 e. The van der Waals surface area contributed by atoms with Gasteiger partial charge in [0.1, 0.15) is 0 Å². The molecule has 2 aromatic heterocycles. The molecule has 0 aliphatic carbocycles. The van der Waals surface area contributed by atoms with Crippen LogP contribution in [0.3, 0.4) is 0 Å². The van der Waals surface area contributed by atoms with Crippen molar-refractivity contribution >= 4 is 22.5 Å². The van der Waals surface area contributed by atoms with E-state index >= 15 is 0 Å². The third-order valence-corrected chi connectivity index (χ3v) is 5.48. The summed E-state index contributed by atoms with van der Waals surface area (Å²) in [6.45, 7) is 0.702. The number of carbonyl (C=O) groups is 1. The Hall–Kier alpha value is -3.48. The number of fused-ring (bicyclic) bond motifs is 1. The lowest BCUT2D eigenvalue weighted by Gasteiger charge is -2.04. The van der Waals surface area contributed by atoms with Crippen molar-refractivity contribution in [1.82, 2.24) is 25.0 Å². The van der Waals surface area contributed by atoms with E-state index < -0.39 is 0 Å². The highest BCUT2D eigenvalue weighted by Crippen LogP contribution is 2.17. The molecule has 2 aromatic carbocycles. The standard InChI is InChI=1S/C24H28N6O/c25-24-26-16-21(27-24)9-2-1-3-10-22-17-30(29-28-22)14-6-11-23(31)20-13-12-18-7-4-5-8-19(18)15-20/h4-5,7-8,12-13,15-17H,1-3,6,9-11,14H2,(H3,25,26,27). The summed E-state index contributed by atoms with van der Waals surface area (Å²) < 4.78 is 1.84. The molecule has 160 valence electrons. The van der Waals surface area contributed by atoms with Crippen molar-refractivity contribution in [2.45, 2.75) is 51.5 Å². The largest absolute Gasteiger partial charge is 0.369 e. The van der Waals surface area contributed by atoms with Crippen LogP contribution >= 0.6 is 0 Å². The molecule has 0 aliphatic heterocycles. The molecule has 2 heterocycles. The van der Waals surface area contributed by atoms with Crippen molar-refractivity contribution in [2.75, 3.05) is 5.73 Å². The number of carbonyl (C=O) groups excluding carboxylic acids is 1. The zero-order chi connectivity index (χ0) is 21.5. The molecular weight excluding hydrogens is 388 g/mol. The average Bonchev–Trinajstić information content (AvgIpc) is 3.41. The van der Waals surface area contributed by atoms with E-state index in [4.69, 9.17) is 5.73 Å². The van der Waals surface area contributed by atoms with Crippen molar-refractivity contribution in [2.24, 2.45) is 0 Å². The number of H-pyrrole nitrogens is 1. The summed E-state index contributed by atoms with van der Waals surface area (Å²) in [6, 6.07) is 14.0. The van der Waals surface area contributed by atoms with E-state index in [0.717, 1.165) is 66.2 Å². The number of Topliss-reactive ketones (excluding diaryl/α,β-unsaturated/α-hetero) is 1. The van der Waals surface area contributed by atoms with E-state index in [0.29, 0.717) is 18.9 Å². The number of benzene rings is 2. The molecule has 4 aromatic rings. The Kier molecular flexibility index (Phi) is 6.72. The fourth-order valence-corrected chi connectivity index (χ4v) is 3.77. The van der Waals surface area contributed by atoms with Crippen molar-refractivity contribution < 1.29 is 4.79 Å². The smallest absolute Gasteiger partial charge is 0.197 e. The minimum atomic E-state index is 0.171. The Bertz CT molecular complexity index is 1150. The predicted molar refractivity (Wildman–Crippen MR) is 122 cm³/mol. The highest BCUT2D eigenvalue weighted by molar-refractivity contribution is 5.99. The number of aromatic nitrogens is 5. The number of aromatic amines is 1. The van der Waals surface area contributed by atoms with E-state index in [1.165, 1.54) is 0 Å². The van der Waals surface area contributed by atoms with Crippen LogP contribution in [-0.4, -0.2) is 30.7 Å². The predicted octanol–water partition coefficient (Wildman–Crippen LogP) is 4.36. The number of anilines is 1. The van der Waals surface area contributed by atoms with Gasteiger partial charge in [0.15, 0.2) is 11.7 Å². The number of nitrogens with two attached hydrogens (primary N) is 1. The number of nitrogen functional groups attached to an aromatic ring is 1. The Morgan fingerprint density at radius 2 is 1.84 bits per heavy atom. The number of ketones is 1. The zero-order valence-electron chi connectivity index (χ0n) is 17.6. The van der Waals surface area contributed by atoms with E-state index in [1.807, 2.05) is 47.3 Å². The number of unbranched alkanes of at least 4 members (excludes halogenated alkanes) is 2. The molecule has 31 heavy (non-hydrogen) atoms. The van der Waals surface area contributed by atoms with Gasteiger partial charge in [-0.05, 0) is 48.9 Å². The Morgan fingerprint density at radius 3 is 2.68 bits per heavy atom. The number of hydrogen-bond donors (Lipinski definition) is 2. The third-order valence-electron chi connectivity index (χ3n) is 5.48. The van der Waals surface area contributed by atoms with Gasteiger partial charge in [0.2, 0.25) is 0 Å². The summed E-state index contributed by atoms with van der Waals surface area (Å²) in [5, 5.41) is 10.7. The van der Waals surface area contributed by atoms with Crippen LogP contribution < -0.4 is 5.73 Å². The van der Waals surface area contributed by atoms with Crippen LogP contribution in [0, 0.1) is 0 Å². The van der Waals surface area contributed by atoms with Crippen molar-refractivity contribution in [1.29, 1.82) is 0 Å². The van der Waals surface area contributed by atoms with Gasteiger partial charge in [-0.25, -0.2) is 4.98 Å². The first-order valence-corrected chi connectivity index (χ1v) is 10.9. The van der Waals surface area contributed by atoms with Crippen LogP contribution in [0.15, 0.2) is 54.9 Å². The second kappa shape index (κ2) is 10.0. The minimum absolute atomic E-state index is 0.171. The van der Waals surface area contributed by atoms with Crippen LogP contribution in [0.4, 0.5) is 5.95 Å². The summed E-state index contributed by atoms with van der Waals surface area (Å²) in [5.74, 6) is 0.649. The summed E-state index contributed by atoms with van der Waals surface area (Å²) >= 11 is 0. The lowest BCUT2D eigenvalue weighted by atomic mass is 10.0. The maximum absolute atomic E-state index is 12.5. The molecule has 7 heteroatoms. The van der Waals surface area contributed by atoms with Crippen LogP contribution in [-0.2, 0) is 19.4 Å². The Labute approximate surface area is 181 Å². The number of hydrogen-bond acceptors (Lipinski definition) is 5. The van der Waals surface area contributed by atoms with E-state index in [1.54, 1.807) is 6.20 Å². The molecule has 0 unspecified atom stereocenters. The van der Waals surface area contributed by atoms with Crippen LogP contribution in [0.1, 0.15) is 53.8 Å². The molecular formula is C24H28N6O. The zero-order valence-corrected chi connectivity index (χ0v) is 17.6. The second-order valence-corrected chi connectivity index (χ2v) is 7.92. The number of rotatable bonds is 11. The first kappa shape index (κ1) is 20.8. The fraction of sp³-hybridized carbons (Fsp3) is 0.333. The quantitative estimate of drug-likeness (QED) is 0.279. The fourth-order valence-electron chi connectivity index (χ4n) is 3.77. The van der Waals surface area contributed by atoms with Gasteiger partial charge in [0, 0.05) is 30.4 Å². The molecule has 3 N–H and O–H groups in total. The molecule has 0 atom stereocenters. The van der Waals surface area contributed by atoms with Gasteiger partial charge in [-0.2, -0.15) is 0 Å². The molecule has 0 radical (unpaired) electrons. The molecule has 0 saturated heterocycles. The number of aryl methyl sites for hydroxylation is 3. The SMILES string of the molecule is Nc1ncc(CCCCCc2cn(CCCC(=O)c3ccc4ccccc4c3)nn2)[nH]1. The molecule has 0 aliphatic rings. The van der Waals surface area contributed by atoms with Crippen molar-refractivity contribution in [3.05, 3.63) is 71.8 Å². The lowest BCUT2D eigenvalue weighted by molar-refractivity contribution is 0.0978. The van der Waals surface area contributed by atoms with Gasteiger partial charge in [0.25, 0.3) is 0 Å². The molecule has 0 spiro atoms.